The van der Waals surface area contributed by atoms with Gasteiger partial charge < -0.3 is 5.32 Å². The lowest BCUT2D eigenvalue weighted by molar-refractivity contribution is -0.380. The fourth-order valence-electron chi connectivity index (χ4n) is 1.75. The Balaban J connectivity index is 2.08. The van der Waals surface area contributed by atoms with Crippen molar-refractivity contribution in [3.63, 3.8) is 0 Å². The monoisotopic (exact) mass is 281 g/mol. The number of hydrogen-bond acceptors (Lipinski definition) is 5. The number of aromatic nitrogens is 1. The largest absolute Gasteiger partial charge is 0.357 e. The van der Waals surface area contributed by atoms with Gasteiger partial charge in [0.1, 0.15) is 12.0 Å². The zero-order chi connectivity index (χ0) is 14.0. The molecule has 0 bridgehead atoms. The summed E-state index contributed by atoms with van der Waals surface area (Å²) in [5.41, 5.74) is 2.08. The van der Waals surface area contributed by atoms with Crippen LogP contribution in [-0.2, 0) is 6.54 Å². The number of hydrogen-bond donors (Lipinski definition) is 1. The van der Waals surface area contributed by atoms with Crippen molar-refractivity contribution < 1.29 is 9.31 Å². The van der Waals surface area contributed by atoms with E-state index in [2.05, 4.69) is 10.3 Å². The van der Waals surface area contributed by atoms with E-state index in [0.717, 1.165) is 16.9 Å². The summed E-state index contributed by atoms with van der Waals surface area (Å²) in [7, 11) is 0. The second-order valence-corrected chi connectivity index (χ2v) is 5.17. The lowest BCUT2D eigenvalue weighted by Gasteiger charge is -2.07. The van der Waals surface area contributed by atoms with Crippen LogP contribution in [0.3, 0.4) is 0 Å². The average Bonchev–Trinajstić information content (AvgIpc) is 2.82. The molecular weight excluding hydrogens is 269 g/mol. The van der Waals surface area contributed by atoms with Gasteiger partial charge in [0, 0.05) is 6.54 Å². The van der Waals surface area contributed by atoms with Crippen LogP contribution in [0.4, 0.5) is 14.5 Å². The molecule has 1 aromatic carbocycles. The lowest BCUT2D eigenvalue weighted by atomic mass is 10.1. The Bertz CT molecular complexity index is 604. The molecule has 1 aromatic heterocycles. The van der Waals surface area contributed by atoms with Crippen LogP contribution in [0.15, 0.2) is 18.3 Å². The lowest BCUT2D eigenvalue weighted by Crippen LogP contribution is -2.01. The molecule has 0 aliphatic heterocycles. The molecule has 2 rings (SSSR count). The first kappa shape index (κ1) is 13.4. The summed E-state index contributed by atoms with van der Waals surface area (Å²) in [5.74, 6) is -0.200. The van der Waals surface area contributed by atoms with Crippen LogP contribution in [0, 0.1) is 29.8 Å². The molecule has 0 aliphatic rings. The van der Waals surface area contributed by atoms with Crippen molar-refractivity contribution in [2.24, 2.45) is 0 Å². The van der Waals surface area contributed by atoms with Crippen molar-refractivity contribution in [2.45, 2.75) is 20.4 Å². The third kappa shape index (κ3) is 3.05. The van der Waals surface area contributed by atoms with Gasteiger partial charge in [0.25, 0.3) is 0 Å². The second kappa shape index (κ2) is 5.31. The summed E-state index contributed by atoms with van der Waals surface area (Å²) in [6.07, 6.45) is 1.22. The van der Waals surface area contributed by atoms with Gasteiger partial charge in [-0.3, -0.25) is 10.1 Å². The molecule has 0 aliphatic carbocycles. The van der Waals surface area contributed by atoms with Gasteiger partial charge in [-0.25, -0.2) is 9.37 Å². The van der Waals surface area contributed by atoms with Crippen molar-refractivity contribution in [1.82, 2.24) is 4.98 Å². The first-order chi connectivity index (χ1) is 8.97. The van der Waals surface area contributed by atoms with Crippen LogP contribution in [0.25, 0.3) is 0 Å². The molecule has 5 nitrogen and oxygen atoms in total. The van der Waals surface area contributed by atoms with Crippen LogP contribution in [-0.4, -0.2) is 9.91 Å². The molecule has 0 radical (unpaired) electrons. The smallest absolute Gasteiger partial charge is 0.345 e. The van der Waals surface area contributed by atoms with E-state index in [1.165, 1.54) is 6.20 Å². The van der Waals surface area contributed by atoms with Crippen molar-refractivity contribution in [3.8, 4) is 0 Å². The fraction of sp³-hybridized carbons (Fsp3) is 0.250. The number of halogens is 1. The molecule has 0 saturated heterocycles. The SMILES string of the molecule is Cc1cc(CNc2ncc([N+](=O)[O-])s2)cc(C)c1F. The zero-order valence-electron chi connectivity index (χ0n) is 10.4. The van der Waals surface area contributed by atoms with Gasteiger partial charge in [0.2, 0.25) is 0 Å². The molecule has 0 unspecified atom stereocenters. The first-order valence-corrected chi connectivity index (χ1v) is 6.38. The average molecular weight is 281 g/mol. The maximum atomic E-state index is 13.5. The number of nitrogens with one attached hydrogen (secondary N) is 1. The van der Waals surface area contributed by atoms with E-state index in [4.69, 9.17) is 0 Å². The highest BCUT2D eigenvalue weighted by atomic mass is 32.1. The van der Waals surface area contributed by atoms with Crippen LogP contribution < -0.4 is 5.32 Å². The van der Waals surface area contributed by atoms with E-state index >= 15 is 0 Å². The number of rotatable bonds is 4. The van der Waals surface area contributed by atoms with Crippen molar-refractivity contribution in [1.29, 1.82) is 0 Å². The number of aryl methyl sites for hydroxylation is 2. The Morgan fingerprint density at radius 3 is 2.58 bits per heavy atom. The molecule has 0 fully saturated rings. The van der Waals surface area contributed by atoms with Gasteiger partial charge in [-0.2, -0.15) is 0 Å². The second-order valence-electron chi connectivity index (χ2n) is 4.16. The molecule has 19 heavy (non-hydrogen) atoms. The van der Waals surface area contributed by atoms with E-state index in [9.17, 15) is 14.5 Å². The highest BCUT2D eigenvalue weighted by Crippen LogP contribution is 2.25. The van der Waals surface area contributed by atoms with Gasteiger partial charge in [-0.05, 0) is 41.9 Å². The number of anilines is 1. The molecule has 7 heteroatoms. The van der Waals surface area contributed by atoms with Crippen LogP contribution >= 0.6 is 11.3 Å². The fourth-order valence-corrected chi connectivity index (χ4v) is 2.37. The Hall–Kier alpha value is -2.02. The summed E-state index contributed by atoms with van der Waals surface area (Å²) in [4.78, 5) is 14.0. The minimum Gasteiger partial charge on any atom is -0.357 e. The number of nitrogens with zero attached hydrogens (tertiary/aromatic N) is 2. The summed E-state index contributed by atoms with van der Waals surface area (Å²) >= 11 is 0.976. The topological polar surface area (TPSA) is 68.1 Å². The zero-order valence-corrected chi connectivity index (χ0v) is 11.3. The molecule has 0 saturated carbocycles. The van der Waals surface area contributed by atoms with Crippen LogP contribution in [0.2, 0.25) is 0 Å². The summed E-state index contributed by atoms with van der Waals surface area (Å²) < 4.78 is 13.5. The quantitative estimate of drug-likeness (QED) is 0.688. The standard InChI is InChI=1S/C12H12FN3O2S/c1-7-3-9(4-8(2)11(7)13)5-14-12-15-6-10(19-12)16(17)18/h3-4,6H,5H2,1-2H3,(H,14,15). The minimum atomic E-state index is -0.477. The molecule has 1 N–H and O–H groups in total. The van der Waals surface area contributed by atoms with E-state index in [1.54, 1.807) is 26.0 Å². The van der Waals surface area contributed by atoms with Crippen molar-refractivity contribution >= 4 is 21.5 Å². The van der Waals surface area contributed by atoms with Gasteiger partial charge in [-0.1, -0.05) is 12.1 Å². The molecule has 0 amide bonds. The number of benzene rings is 1. The Morgan fingerprint density at radius 2 is 2.05 bits per heavy atom. The molecule has 0 spiro atoms. The Morgan fingerprint density at radius 1 is 1.42 bits per heavy atom. The molecular formula is C12H12FN3O2S. The maximum Gasteiger partial charge on any atom is 0.345 e. The molecule has 100 valence electrons. The predicted molar refractivity (Wildman–Crippen MR) is 72.0 cm³/mol. The Labute approximate surface area is 113 Å². The number of nitro groups is 1. The van der Waals surface area contributed by atoms with Gasteiger partial charge in [0.05, 0.1) is 4.92 Å². The molecule has 0 atom stereocenters. The molecule has 1 heterocycles. The molecule has 2 aromatic rings. The third-order valence-electron chi connectivity index (χ3n) is 2.61. The van der Waals surface area contributed by atoms with Gasteiger partial charge in [0.15, 0.2) is 5.13 Å². The normalized spacial score (nSPS) is 10.5. The van der Waals surface area contributed by atoms with E-state index in [0.29, 0.717) is 22.8 Å². The maximum absolute atomic E-state index is 13.5. The van der Waals surface area contributed by atoms with Crippen molar-refractivity contribution in [2.75, 3.05) is 5.32 Å². The van der Waals surface area contributed by atoms with E-state index in [1.807, 2.05) is 0 Å². The van der Waals surface area contributed by atoms with E-state index < -0.39 is 4.92 Å². The van der Waals surface area contributed by atoms with Crippen LogP contribution in [0.5, 0.6) is 0 Å². The first-order valence-electron chi connectivity index (χ1n) is 5.57. The highest BCUT2D eigenvalue weighted by molar-refractivity contribution is 7.18. The summed E-state index contributed by atoms with van der Waals surface area (Å²) in [5, 5.41) is 14.0. The summed E-state index contributed by atoms with van der Waals surface area (Å²) in [6.45, 7) is 3.87. The minimum absolute atomic E-state index is 0.00559. The summed E-state index contributed by atoms with van der Waals surface area (Å²) in [6, 6.07) is 3.49. The third-order valence-corrected chi connectivity index (χ3v) is 3.52. The predicted octanol–water partition coefficient (Wildman–Crippen LogP) is 3.42. The van der Waals surface area contributed by atoms with E-state index in [-0.39, 0.29) is 10.8 Å². The van der Waals surface area contributed by atoms with Crippen molar-refractivity contribution in [3.05, 3.63) is 51.0 Å². The van der Waals surface area contributed by atoms with Gasteiger partial charge in [-0.15, -0.1) is 0 Å². The Kier molecular flexibility index (Phi) is 3.75. The highest BCUT2D eigenvalue weighted by Gasteiger charge is 2.11. The van der Waals surface area contributed by atoms with Crippen LogP contribution in [0.1, 0.15) is 16.7 Å². The number of thiazole rings is 1. The van der Waals surface area contributed by atoms with Gasteiger partial charge >= 0.3 is 5.00 Å².